The van der Waals surface area contributed by atoms with E-state index < -0.39 is 5.60 Å². The average Bonchev–Trinajstić information content (AvgIpc) is 3.34. The minimum atomic E-state index is -1.07. The Morgan fingerprint density at radius 1 is 1.28 bits per heavy atom. The van der Waals surface area contributed by atoms with Gasteiger partial charge in [-0.15, -0.1) is 24.0 Å². The summed E-state index contributed by atoms with van der Waals surface area (Å²) in [5, 5.41) is 25.2. The monoisotopic (exact) mass is 510 g/mol. The maximum atomic E-state index is 10.7. The average molecular weight is 510 g/mol. The number of halogens is 1. The van der Waals surface area contributed by atoms with E-state index >= 15 is 0 Å². The van der Waals surface area contributed by atoms with Gasteiger partial charge in [0.2, 0.25) is 0 Å². The fourth-order valence-corrected chi connectivity index (χ4v) is 2.68. The number of nitrogens with one attached hydrogen (secondary N) is 2. The quantitative estimate of drug-likeness (QED) is 0.257. The molecular formula is C20H27IN6O2. The number of benzene rings is 1. The lowest BCUT2D eigenvalue weighted by atomic mass is 10.00. The van der Waals surface area contributed by atoms with E-state index in [4.69, 9.17) is 4.52 Å². The lowest BCUT2D eigenvalue weighted by Crippen LogP contribution is -2.44. The number of aryl methyl sites for hydroxylation is 1. The van der Waals surface area contributed by atoms with E-state index in [9.17, 15) is 5.11 Å². The third kappa shape index (κ3) is 6.29. The van der Waals surface area contributed by atoms with Crippen molar-refractivity contribution in [2.75, 3.05) is 13.1 Å². The van der Waals surface area contributed by atoms with Crippen LogP contribution in [0, 0.1) is 0 Å². The minimum absolute atomic E-state index is 0. The van der Waals surface area contributed by atoms with Crippen LogP contribution < -0.4 is 10.6 Å². The van der Waals surface area contributed by atoms with Crippen molar-refractivity contribution in [3.63, 3.8) is 0 Å². The lowest BCUT2D eigenvalue weighted by molar-refractivity contribution is 0.0616. The van der Waals surface area contributed by atoms with Crippen molar-refractivity contribution in [1.82, 2.24) is 25.6 Å². The first-order chi connectivity index (χ1) is 13.5. The molecule has 3 rings (SSSR count). The summed E-state index contributed by atoms with van der Waals surface area (Å²) in [7, 11) is 1.82. The molecule has 1 atom stereocenters. The molecule has 9 heteroatoms. The molecule has 8 nitrogen and oxygen atoms in total. The van der Waals surface area contributed by atoms with Crippen LogP contribution >= 0.6 is 24.0 Å². The van der Waals surface area contributed by atoms with E-state index in [-0.39, 0.29) is 24.0 Å². The molecule has 0 radical (unpaired) electrons. The van der Waals surface area contributed by atoms with E-state index in [1.54, 1.807) is 24.0 Å². The number of rotatable bonds is 7. The zero-order valence-electron chi connectivity index (χ0n) is 16.8. The van der Waals surface area contributed by atoms with Gasteiger partial charge in [-0.05, 0) is 13.8 Å². The number of hydrogen-bond donors (Lipinski definition) is 3. The molecule has 0 saturated carbocycles. The molecule has 0 aliphatic rings. The summed E-state index contributed by atoms with van der Waals surface area (Å²) in [5.41, 5.74) is 1.37. The van der Waals surface area contributed by atoms with Crippen molar-refractivity contribution in [3.05, 3.63) is 60.0 Å². The summed E-state index contributed by atoms with van der Waals surface area (Å²) >= 11 is 0. The molecule has 1 unspecified atom stereocenters. The summed E-state index contributed by atoms with van der Waals surface area (Å²) in [5.74, 6) is 1.30. The molecule has 0 spiro atoms. The van der Waals surface area contributed by atoms with E-state index in [0.717, 1.165) is 16.8 Å². The fraction of sp³-hybridized carbons (Fsp3) is 0.350. The third-order valence-electron chi connectivity index (χ3n) is 4.29. The van der Waals surface area contributed by atoms with Crippen LogP contribution in [0.15, 0.2) is 58.3 Å². The van der Waals surface area contributed by atoms with Gasteiger partial charge < -0.3 is 20.3 Å². The molecular weight excluding hydrogens is 483 g/mol. The molecule has 0 fully saturated rings. The second-order valence-corrected chi connectivity index (χ2v) is 6.77. The smallest absolute Gasteiger partial charge is 0.191 e. The molecule has 3 N–H and O–H groups in total. The number of hydrogen-bond acceptors (Lipinski definition) is 5. The summed E-state index contributed by atoms with van der Waals surface area (Å²) in [4.78, 5) is 4.53. The van der Waals surface area contributed by atoms with Gasteiger partial charge in [0.15, 0.2) is 11.7 Å². The largest absolute Gasteiger partial charge is 0.383 e. The Labute approximate surface area is 187 Å². The number of aliphatic imine (C=N–C) groups is 1. The Hall–Kier alpha value is -2.40. The van der Waals surface area contributed by atoms with Crippen LogP contribution in [0.25, 0.3) is 11.3 Å². The topological polar surface area (TPSA) is 100 Å². The van der Waals surface area contributed by atoms with Gasteiger partial charge in [0.05, 0.1) is 19.3 Å². The molecule has 0 aliphatic heterocycles. The SMILES string of the molecule is CCNC(=NCc1cc(-c2ccccc2)on1)NCC(C)(O)c1cnn(C)c1.I. The number of aromatic nitrogens is 3. The van der Waals surface area contributed by atoms with Gasteiger partial charge in [-0.1, -0.05) is 35.5 Å². The number of nitrogens with zero attached hydrogens (tertiary/aromatic N) is 4. The number of guanidine groups is 1. The highest BCUT2D eigenvalue weighted by Gasteiger charge is 2.25. The predicted molar refractivity (Wildman–Crippen MR) is 123 cm³/mol. The van der Waals surface area contributed by atoms with Gasteiger partial charge in [-0.25, -0.2) is 4.99 Å². The molecule has 0 amide bonds. The van der Waals surface area contributed by atoms with Crippen molar-refractivity contribution in [1.29, 1.82) is 0 Å². The van der Waals surface area contributed by atoms with Crippen molar-refractivity contribution < 1.29 is 9.63 Å². The van der Waals surface area contributed by atoms with E-state index in [1.165, 1.54) is 0 Å². The Morgan fingerprint density at radius 3 is 2.69 bits per heavy atom. The molecule has 0 saturated heterocycles. The van der Waals surface area contributed by atoms with E-state index in [0.29, 0.717) is 31.4 Å². The highest BCUT2D eigenvalue weighted by molar-refractivity contribution is 14.0. The minimum Gasteiger partial charge on any atom is -0.383 e. The summed E-state index contributed by atoms with van der Waals surface area (Å²) < 4.78 is 7.07. The van der Waals surface area contributed by atoms with Crippen molar-refractivity contribution >= 4 is 29.9 Å². The first-order valence-electron chi connectivity index (χ1n) is 9.22. The molecule has 0 bridgehead atoms. The highest BCUT2D eigenvalue weighted by Crippen LogP contribution is 2.20. The van der Waals surface area contributed by atoms with Gasteiger partial charge >= 0.3 is 0 Å². The third-order valence-corrected chi connectivity index (χ3v) is 4.29. The Kier molecular flexibility index (Phi) is 8.21. The zero-order valence-corrected chi connectivity index (χ0v) is 19.1. The van der Waals surface area contributed by atoms with E-state index in [1.807, 2.05) is 50.4 Å². The van der Waals surface area contributed by atoms with Crippen molar-refractivity contribution in [3.8, 4) is 11.3 Å². The summed E-state index contributed by atoms with van der Waals surface area (Å²) in [6, 6.07) is 11.7. The van der Waals surface area contributed by atoms with Gasteiger partial charge in [0.1, 0.15) is 11.3 Å². The van der Waals surface area contributed by atoms with Crippen LogP contribution in [0.5, 0.6) is 0 Å². The van der Waals surface area contributed by atoms with Crippen LogP contribution in [-0.2, 0) is 19.2 Å². The summed E-state index contributed by atoms with van der Waals surface area (Å²) in [6.45, 7) is 5.08. The first-order valence-corrected chi connectivity index (χ1v) is 9.22. The van der Waals surface area contributed by atoms with Crippen LogP contribution in [-0.4, -0.2) is 39.1 Å². The highest BCUT2D eigenvalue weighted by atomic mass is 127. The maximum Gasteiger partial charge on any atom is 0.191 e. The van der Waals surface area contributed by atoms with Crippen molar-refractivity contribution in [2.24, 2.45) is 12.0 Å². The lowest BCUT2D eigenvalue weighted by Gasteiger charge is -2.23. The Bertz CT molecular complexity index is 920. The second kappa shape index (κ2) is 10.4. The molecule has 2 heterocycles. The van der Waals surface area contributed by atoms with Gasteiger partial charge in [0, 0.05) is 37.0 Å². The van der Waals surface area contributed by atoms with Crippen LogP contribution in [0.4, 0.5) is 0 Å². The molecule has 1 aromatic carbocycles. The standard InChI is InChI=1S/C20H26N6O2.HI/c1-4-21-19(23-14-20(2,27)16-11-24-26(3)13-16)22-12-17-10-18(28-25-17)15-8-6-5-7-9-15;/h5-11,13,27H,4,12,14H2,1-3H3,(H2,21,22,23);1H. The van der Waals surface area contributed by atoms with E-state index in [2.05, 4.69) is 25.9 Å². The van der Waals surface area contributed by atoms with Crippen LogP contribution in [0.1, 0.15) is 25.1 Å². The molecule has 3 aromatic rings. The molecule has 156 valence electrons. The Balaban J connectivity index is 0.00000300. The fourth-order valence-electron chi connectivity index (χ4n) is 2.68. The maximum absolute atomic E-state index is 10.7. The molecule has 2 aromatic heterocycles. The van der Waals surface area contributed by atoms with Crippen LogP contribution in [0.2, 0.25) is 0 Å². The normalized spacial score (nSPS) is 13.4. The molecule has 0 aliphatic carbocycles. The van der Waals surface area contributed by atoms with Crippen LogP contribution in [0.3, 0.4) is 0 Å². The summed E-state index contributed by atoms with van der Waals surface area (Å²) in [6.07, 6.45) is 3.46. The molecule has 29 heavy (non-hydrogen) atoms. The second-order valence-electron chi connectivity index (χ2n) is 6.77. The zero-order chi connectivity index (χ0) is 20.0. The van der Waals surface area contributed by atoms with Gasteiger partial charge in [-0.2, -0.15) is 5.10 Å². The Morgan fingerprint density at radius 2 is 2.03 bits per heavy atom. The van der Waals surface area contributed by atoms with Gasteiger partial charge in [-0.3, -0.25) is 4.68 Å². The van der Waals surface area contributed by atoms with Gasteiger partial charge in [0.25, 0.3) is 0 Å². The predicted octanol–water partition coefficient (Wildman–Crippen LogP) is 2.66. The van der Waals surface area contributed by atoms with Crippen molar-refractivity contribution in [2.45, 2.75) is 26.0 Å². The number of aliphatic hydroxyl groups is 1. The first kappa shape index (κ1) is 22.9.